The lowest BCUT2D eigenvalue weighted by Gasteiger charge is -2.33. The third-order valence-electron chi connectivity index (χ3n) is 4.13. The molecule has 2 heterocycles. The Kier molecular flexibility index (Phi) is 5.01. The Morgan fingerprint density at radius 1 is 1.33 bits per heavy atom. The zero-order valence-corrected chi connectivity index (χ0v) is 13.4. The topological polar surface area (TPSA) is 28.2 Å². The minimum atomic E-state index is 0.658. The predicted molar refractivity (Wildman–Crippen MR) is 89.5 cm³/mol. The fourth-order valence-corrected chi connectivity index (χ4v) is 3.76. The van der Waals surface area contributed by atoms with E-state index in [-0.39, 0.29) is 0 Å². The Morgan fingerprint density at radius 3 is 2.90 bits per heavy atom. The lowest BCUT2D eigenvalue weighted by Crippen LogP contribution is -2.45. The molecule has 112 valence electrons. The molecule has 3 rings (SSSR count). The highest BCUT2D eigenvalue weighted by atomic mass is 32.1. The van der Waals surface area contributed by atoms with Crippen LogP contribution in [0.25, 0.3) is 10.6 Å². The third kappa shape index (κ3) is 3.70. The Hall–Kier alpha value is -1.23. The molecule has 1 unspecified atom stereocenters. The molecule has 0 spiro atoms. The zero-order chi connectivity index (χ0) is 14.5. The number of aromatic nitrogens is 1. The van der Waals surface area contributed by atoms with Crippen LogP contribution < -0.4 is 5.32 Å². The summed E-state index contributed by atoms with van der Waals surface area (Å²) in [6.07, 6.45) is 2.59. The van der Waals surface area contributed by atoms with E-state index in [1.54, 1.807) is 11.3 Å². The van der Waals surface area contributed by atoms with Gasteiger partial charge in [-0.3, -0.25) is 4.90 Å². The lowest BCUT2D eigenvalue weighted by atomic mass is 10.1. The molecule has 0 amide bonds. The van der Waals surface area contributed by atoms with E-state index in [9.17, 15) is 0 Å². The average molecular weight is 301 g/mol. The second kappa shape index (κ2) is 7.16. The summed E-state index contributed by atoms with van der Waals surface area (Å²) < 4.78 is 0. The fourth-order valence-electron chi connectivity index (χ4n) is 2.95. The van der Waals surface area contributed by atoms with Crippen LogP contribution >= 0.6 is 11.3 Å². The van der Waals surface area contributed by atoms with E-state index < -0.39 is 0 Å². The van der Waals surface area contributed by atoms with E-state index >= 15 is 0 Å². The van der Waals surface area contributed by atoms with Crippen molar-refractivity contribution < 1.29 is 0 Å². The standard InChI is InChI=1S/C17H23N3S/c1-2-20(16-9-6-10-18-11-16)12-15-13-21-17(19-15)14-7-4-3-5-8-14/h3-5,7-8,13,16,18H,2,6,9-12H2,1H3. The van der Waals surface area contributed by atoms with Crippen molar-refractivity contribution in [2.45, 2.75) is 32.4 Å². The van der Waals surface area contributed by atoms with Crippen molar-refractivity contribution in [2.75, 3.05) is 19.6 Å². The molecule has 1 atom stereocenters. The molecule has 1 N–H and O–H groups in total. The van der Waals surface area contributed by atoms with Crippen molar-refractivity contribution >= 4 is 11.3 Å². The van der Waals surface area contributed by atoms with Crippen molar-refractivity contribution in [3.8, 4) is 10.6 Å². The molecule has 0 aliphatic carbocycles. The van der Waals surface area contributed by atoms with Crippen molar-refractivity contribution in [3.05, 3.63) is 41.4 Å². The minimum absolute atomic E-state index is 0.658. The van der Waals surface area contributed by atoms with E-state index in [0.717, 1.165) is 24.6 Å². The quantitative estimate of drug-likeness (QED) is 0.917. The maximum Gasteiger partial charge on any atom is 0.123 e. The molecule has 1 aliphatic rings. The van der Waals surface area contributed by atoms with Gasteiger partial charge in [0.2, 0.25) is 0 Å². The van der Waals surface area contributed by atoms with Crippen LogP contribution in [0.2, 0.25) is 0 Å². The second-order valence-corrected chi connectivity index (χ2v) is 6.43. The van der Waals surface area contributed by atoms with Gasteiger partial charge in [-0.15, -0.1) is 11.3 Å². The zero-order valence-electron chi connectivity index (χ0n) is 12.6. The van der Waals surface area contributed by atoms with Crippen LogP contribution in [-0.2, 0) is 6.54 Å². The summed E-state index contributed by atoms with van der Waals surface area (Å²) in [6.45, 7) is 6.59. The summed E-state index contributed by atoms with van der Waals surface area (Å²) in [4.78, 5) is 7.37. The number of benzene rings is 1. The Labute approximate surface area is 131 Å². The molecule has 4 heteroatoms. The lowest BCUT2D eigenvalue weighted by molar-refractivity contribution is 0.164. The molecular formula is C17H23N3S. The van der Waals surface area contributed by atoms with Gasteiger partial charge in [0, 0.05) is 30.1 Å². The number of nitrogens with zero attached hydrogens (tertiary/aromatic N) is 2. The van der Waals surface area contributed by atoms with Crippen LogP contribution in [0.15, 0.2) is 35.7 Å². The smallest absolute Gasteiger partial charge is 0.123 e. The van der Waals surface area contributed by atoms with Gasteiger partial charge >= 0.3 is 0 Å². The van der Waals surface area contributed by atoms with Crippen LogP contribution in [0.3, 0.4) is 0 Å². The van der Waals surface area contributed by atoms with Crippen LogP contribution in [0.4, 0.5) is 0 Å². The van der Waals surface area contributed by atoms with Gasteiger partial charge in [-0.2, -0.15) is 0 Å². The highest BCUT2D eigenvalue weighted by molar-refractivity contribution is 7.13. The van der Waals surface area contributed by atoms with Gasteiger partial charge < -0.3 is 5.32 Å². The van der Waals surface area contributed by atoms with Gasteiger partial charge in [0.15, 0.2) is 0 Å². The van der Waals surface area contributed by atoms with Crippen LogP contribution in [0.1, 0.15) is 25.5 Å². The first kappa shape index (κ1) is 14.7. The molecule has 0 saturated carbocycles. The summed E-state index contributed by atoms with van der Waals surface area (Å²) in [7, 11) is 0. The SMILES string of the molecule is CCN(Cc1csc(-c2ccccc2)n1)C1CCCNC1. The number of hydrogen-bond acceptors (Lipinski definition) is 4. The largest absolute Gasteiger partial charge is 0.315 e. The molecule has 1 aliphatic heterocycles. The molecule has 1 fully saturated rings. The number of hydrogen-bond donors (Lipinski definition) is 1. The van der Waals surface area contributed by atoms with Crippen LogP contribution in [0, 0.1) is 0 Å². The molecule has 0 radical (unpaired) electrons. The van der Waals surface area contributed by atoms with Crippen LogP contribution in [-0.4, -0.2) is 35.6 Å². The summed E-state index contributed by atoms with van der Waals surface area (Å²) in [5, 5.41) is 6.84. The number of likely N-dealkylation sites (N-methyl/N-ethyl adjacent to an activating group) is 1. The normalized spacial score (nSPS) is 19.0. The Bertz CT molecular complexity index is 546. The highest BCUT2D eigenvalue weighted by Gasteiger charge is 2.20. The van der Waals surface area contributed by atoms with E-state index in [1.165, 1.54) is 30.6 Å². The summed E-state index contributed by atoms with van der Waals surface area (Å²) in [6, 6.07) is 11.1. The minimum Gasteiger partial charge on any atom is -0.315 e. The fraction of sp³-hybridized carbons (Fsp3) is 0.471. The highest BCUT2D eigenvalue weighted by Crippen LogP contribution is 2.24. The first-order valence-electron chi connectivity index (χ1n) is 7.81. The van der Waals surface area contributed by atoms with Crippen molar-refractivity contribution in [3.63, 3.8) is 0 Å². The summed E-state index contributed by atoms with van der Waals surface area (Å²) >= 11 is 1.75. The van der Waals surface area contributed by atoms with Gasteiger partial charge in [-0.25, -0.2) is 4.98 Å². The number of nitrogens with one attached hydrogen (secondary N) is 1. The average Bonchev–Trinajstić information content (AvgIpc) is 3.03. The molecule has 21 heavy (non-hydrogen) atoms. The molecule has 2 aromatic rings. The molecule has 1 saturated heterocycles. The van der Waals surface area contributed by atoms with Crippen molar-refractivity contribution in [1.82, 2.24) is 15.2 Å². The van der Waals surface area contributed by atoms with E-state index in [4.69, 9.17) is 4.98 Å². The van der Waals surface area contributed by atoms with Crippen molar-refractivity contribution in [2.24, 2.45) is 0 Å². The molecule has 1 aromatic heterocycles. The van der Waals surface area contributed by atoms with Gasteiger partial charge in [-0.1, -0.05) is 37.3 Å². The van der Waals surface area contributed by atoms with Gasteiger partial charge in [0.05, 0.1) is 5.69 Å². The predicted octanol–water partition coefficient (Wildman–Crippen LogP) is 3.38. The van der Waals surface area contributed by atoms with Crippen LogP contribution in [0.5, 0.6) is 0 Å². The van der Waals surface area contributed by atoms with E-state index in [0.29, 0.717) is 6.04 Å². The number of piperidine rings is 1. The Morgan fingerprint density at radius 2 is 2.19 bits per heavy atom. The monoisotopic (exact) mass is 301 g/mol. The molecule has 3 nitrogen and oxygen atoms in total. The summed E-state index contributed by atoms with van der Waals surface area (Å²) in [5.41, 5.74) is 2.42. The van der Waals surface area contributed by atoms with E-state index in [2.05, 4.69) is 46.8 Å². The Balaban J connectivity index is 1.68. The third-order valence-corrected chi connectivity index (χ3v) is 5.07. The summed E-state index contributed by atoms with van der Waals surface area (Å²) in [5.74, 6) is 0. The van der Waals surface area contributed by atoms with Crippen molar-refractivity contribution in [1.29, 1.82) is 0 Å². The van der Waals surface area contributed by atoms with E-state index in [1.807, 2.05) is 6.07 Å². The number of thiazole rings is 1. The molecule has 0 bridgehead atoms. The van der Waals surface area contributed by atoms with Gasteiger partial charge in [0.25, 0.3) is 0 Å². The van der Waals surface area contributed by atoms with Gasteiger partial charge in [0.1, 0.15) is 5.01 Å². The maximum absolute atomic E-state index is 4.82. The van der Waals surface area contributed by atoms with Gasteiger partial charge in [-0.05, 0) is 25.9 Å². The maximum atomic E-state index is 4.82. The second-order valence-electron chi connectivity index (χ2n) is 5.57. The molecule has 1 aromatic carbocycles. The first-order chi connectivity index (χ1) is 10.4. The number of rotatable bonds is 5. The molecular weight excluding hydrogens is 278 g/mol. The first-order valence-corrected chi connectivity index (χ1v) is 8.69.